The summed E-state index contributed by atoms with van der Waals surface area (Å²) in [7, 11) is 0. The van der Waals surface area contributed by atoms with Crippen LogP contribution >= 0.6 is 15.9 Å². The summed E-state index contributed by atoms with van der Waals surface area (Å²) in [5.41, 5.74) is -0.103. The van der Waals surface area contributed by atoms with Crippen molar-refractivity contribution >= 4 is 21.6 Å². The molecule has 20 heavy (non-hydrogen) atoms. The first kappa shape index (κ1) is 14.4. The van der Waals surface area contributed by atoms with Crippen LogP contribution in [0.5, 0.6) is 11.5 Å². The molecule has 0 aliphatic carbocycles. The lowest BCUT2D eigenvalue weighted by Gasteiger charge is -2.10. The molecule has 0 radical (unpaired) electrons. The number of halogens is 2. The highest BCUT2D eigenvalue weighted by molar-refractivity contribution is 9.10. The predicted octanol–water partition coefficient (Wildman–Crippen LogP) is 3.78. The molecule has 0 amide bonds. The fraction of sp³-hybridized carbons (Fsp3) is 0.0769. The van der Waals surface area contributed by atoms with Crippen LogP contribution in [0.25, 0.3) is 0 Å². The molecule has 0 fully saturated rings. The number of aliphatic hydroxyl groups is 1. The van der Waals surface area contributed by atoms with Gasteiger partial charge in [0.25, 0.3) is 0 Å². The van der Waals surface area contributed by atoms with Crippen molar-refractivity contribution in [3.63, 3.8) is 0 Å². The van der Waals surface area contributed by atoms with Crippen LogP contribution in [-0.4, -0.2) is 10.0 Å². The molecule has 2 aromatic carbocycles. The van der Waals surface area contributed by atoms with Crippen LogP contribution in [-0.2, 0) is 6.61 Å². The van der Waals surface area contributed by atoms with Crippen molar-refractivity contribution in [2.75, 3.05) is 0 Å². The summed E-state index contributed by atoms with van der Waals surface area (Å²) in [5, 5.41) is 19.7. The molecule has 104 valence electrons. The average molecular weight is 342 g/mol. The highest BCUT2D eigenvalue weighted by Crippen LogP contribution is 2.30. The maximum Gasteiger partial charge on any atom is 0.305 e. The quantitative estimate of drug-likeness (QED) is 0.678. The van der Waals surface area contributed by atoms with Crippen molar-refractivity contribution in [1.82, 2.24) is 0 Å². The second-order valence-corrected chi connectivity index (χ2v) is 4.80. The second kappa shape index (κ2) is 5.98. The zero-order chi connectivity index (χ0) is 14.7. The van der Waals surface area contributed by atoms with Crippen LogP contribution < -0.4 is 4.74 Å². The Morgan fingerprint density at radius 3 is 2.65 bits per heavy atom. The van der Waals surface area contributed by atoms with Crippen LogP contribution in [0.3, 0.4) is 0 Å². The lowest BCUT2D eigenvalue weighted by molar-refractivity contribution is -0.387. The van der Waals surface area contributed by atoms with E-state index < -0.39 is 16.4 Å². The lowest BCUT2D eigenvalue weighted by Crippen LogP contribution is -1.95. The molecule has 0 aromatic heterocycles. The number of hydrogen-bond donors (Lipinski definition) is 1. The van der Waals surface area contributed by atoms with Crippen molar-refractivity contribution < 1.29 is 19.2 Å². The minimum atomic E-state index is -0.977. The first-order chi connectivity index (χ1) is 9.51. The molecule has 5 nitrogen and oxygen atoms in total. The van der Waals surface area contributed by atoms with E-state index in [1.165, 1.54) is 6.07 Å². The van der Waals surface area contributed by atoms with Crippen molar-refractivity contribution in [2.24, 2.45) is 0 Å². The Morgan fingerprint density at radius 1 is 1.30 bits per heavy atom. The maximum absolute atomic E-state index is 13.5. The Hall–Kier alpha value is -1.99. The number of nitro groups is 1. The van der Waals surface area contributed by atoms with Crippen LogP contribution in [0, 0.1) is 15.9 Å². The molecule has 2 rings (SSSR count). The van der Waals surface area contributed by atoms with Crippen LogP contribution in [0.15, 0.2) is 40.9 Å². The normalized spacial score (nSPS) is 10.3. The van der Waals surface area contributed by atoms with Crippen molar-refractivity contribution in [3.05, 3.63) is 62.4 Å². The van der Waals surface area contributed by atoms with Crippen molar-refractivity contribution in [2.45, 2.75) is 6.61 Å². The van der Waals surface area contributed by atoms with E-state index in [9.17, 15) is 19.6 Å². The maximum atomic E-state index is 13.5. The van der Waals surface area contributed by atoms with Gasteiger partial charge < -0.3 is 9.84 Å². The fourth-order valence-corrected chi connectivity index (χ4v) is 2.01. The molecule has 0 aliphatic heterocycles. The molecule has 0 saturated carbocycles. The largest absolute Gasteiger partial charge is 0.457 e. The van der Waals surface area contributed by atoms with Crippen LogP contribution in [0.1, 0.15) is 5.56 Å². The second-order valence-electron chi connectivity index (χ2n) is 3.88. The highest BCUT2D eigenvalue weighted by Gasteiger charge is 2.15. The number of aliphatic hydroxyl groups excluding tert-OH is 1. The number of rotatable bonds is 4. The molecule has 0 heterocycles. The number of hydrogen-bond acceptors (Lipinski definition) is 4. The summed E-state index contributed by atoms with van der Waals surface area (Å²) in [6.45, 7) is -0.246. The van der Waals surface area contributed by atoms with Gasteiger partial charge in [-0.2, -0.15) is 4.39 Å². The van der Waals surface area contributed by atoms with Gasteiger partial charge in [0.2, 0.25) is 5.82 Å². The average Bonchev–Trinajstić information content (AvgIpc) is 2.40. The topological polar surface area (TPSA) is 72.6 Å². The van der Waals surface area contributed by atoms with Gasteiger partial charge in [0, 0.05) is 22.2 Å². The van der Waals surface area contributed by atoms with Gasteiger partial charge in [-0.25, -0.2) is 0 Å². The number of nitro benzene ring substituents is 1. The van der Waals surface area contributed by atoms with E-state index in [4.69, 9.17) is 4.74 Å². The lowest BCUT2D eigenvalue weighted by atomic mass is 10.2. The molecule has 0 aliphatic rings. The molecular formula is C13H9BrFNO4. The van der Waals surface area contributed by atoms with Gasteiger partial charge in [-0.05, 0) is 24.3 Å². The number of ether oxygens (including phenoxy) is 1. The smallest absolute Gasteiger partial charge is 0.305 e. The van der Waals surface area contributed by atoms with E-state index in [1.54, 1.807) is 18.2 Å². The summed E-state index contributed by atoms with van der Waals surface area (Å²) >= 11 is 3.26. The Kier molecular flexibility index (Phi) is 4.31. The molecule has 0 saturated heterocycles. The van der Waals surface area contributed by atoms with E-state index in [1.807, 2.05) is 0 Å². The van der Waals surface area contributed by atoms with Gasteiger partial charge in [0.05, 0.1) is 11.5 Å². The summed E-state index contributed by atoms with van der Waals surface area (Å²) in [6, 6.07) is 8.23. The Balaban J connectivity index is 2.31. The SMILES string of the molecule is O=[N+]([O-])c1ccc(Oc2ccc(Br)cc2CO)cc1F. The molecule has 7 heteroatoms. The Morgan fingerprint density at radius 2 is 2.05 bits per heavy atom. The number of nitrogens with zero attached hydrogens (tertiary/aromatic N) is 1. The Bertz CT molecular complexity index is 663. The molecule has 0 unspecified atom stereocenters. The summed E-state index contributed by atoms with van der Waals surface area (Å²) in [5.74, 6) is -0.510. The van der Waals surface area contributed by atoms with Crippen LogP contribution in [0.2, 0.25) is 0 Å². The van der Waals surface area contributed by atoms with Crippen molar-refractivity contribution in [3.8, 4) is 11.5 Å². The molecule has 2 aromatic rings. The van der Waals surface area contributed by atoms with Gasteiger partial charge in [-0.3, -0.25) is 10.1 Å². The molecule has 0 bridgehead atoms. The first-order valence-electron chi connectivity index (χ1n) is 5.52. The predicted molar refractivity (Wildman–Crippen MR) is 73.2 cm³/mol. The summed E-state index contributed by atoms with van der Waals surface area (Å²) in [4.78, 5) is 9.71. The van der Waals surface area contributed by atoms with Gasteiger partial charge in [0.1, 0.15) is 11.5 Å². The van der Waals surface area contributed by atoms with Gasteiger partial charge >= 0.3 is 5.69 Å². The van der Waals surface area contributed by atoms with Gasteiger partial charge in [-0.1, -0.05) is 15.9 Å². The van der Waals surface area contributed by atoms with E-state index in [-0.39, 0.29) is 12.4 Å². The summed E-state index contributed by atoms with van der Waals surface area (Å²) < 4.78 is 19.7. The summed E-state index contributed by atoms with van der Waals surface area (Å²) in [6.07, 6.45) is 0. The molecule has 0 spiro atoms. The minimum Gasteiger partial charge on any atom is -0.457 e. The molecule has 0 atom stereocenters. The standard InChI is InChI=1S/C13H9BrFNO4/c14-9-1-4-13(8(5-9)7-17)20-10-2-3-12(16(18)19)11(15)6-10/h1-6,17H,7H2. The molecular weight excluding hydrogens is 333 g/mol. The monoisotopic (exact) mass is 341 g/mol. The van der Waals surface area contributed by atoms with Crippen LogP contribution in [0.4, 0.5) is 10.1 Å². The number of benzene rings is 2. The van der Waals surface area contributed by atoms with Gasteiger partial charge in [-0.15, -0.1) is 0 Å². The van der Waals surface area contributed by atoms with E-state index >= 15 is 0 Å². The van der Waals surface area contributed by atoms with E-state index in [2.05, 4.69) is 15.9 Å². The third-order valence-corrected chi connectivity index (χ3v) is 3.03. The van der Waals surface area contributed by atoms with Gasteiger partial charge in [0.15, 0.2) is 0 Å². The van der Waals surface area contributed by atoms with Crippen molar-refractivity contribution in [1.29, 1.82) is 0 Å². The third-order valence-electron chi connectivity index (χ3n) is 2.54. The fourth-order valence-electron chi connectivity index (χ4n) is 1.60. The first-order valence-corrected chi connectivity index (χ1v) is 6.31. The third kappa shape index (κ3) is 3.12. The molecule has 1 N–H and O–H groups in total. The highest BCUT2D eigenvalue weighted by atomic mass is 79.9. The van der Waals surface area contributed by atoms with E-state index in [0.717, 1.165) is 16.6 Å². The minimum absolute atomic E-state index is 0.116. The zero-order valence-corrected chi connectivity index (χ0v) is 11.6. The Labute approximate surface area is 121 Å². The zero-order valence-electron chi connectivity index (χ0n) is 10.0. The van der Waals surface area contributed by atoms with E-state index in [0.29, 0.717) is 11.3 Å².